The fraction of sp³-hybridized carbons (Fsp3) is 0.538. The van der Waals surface area contributed by atoms with Gasteiger partial charge in [0.05, 0.1) is 11.4 Å². The van der Waals surface area contributed by atoms with Gasteiger partial charge in [0.1, 0.15) is 0 Å². The number of nitrogen functional groups attached to an aromatic ring is 1. The number of hydrogen-bond acceptors (Lipinski definition) is 4. The summed E-state index contributed by atoms with van der Waals surface area (Å²) < 4.78 is 32.2. The molecule has 1 aromatic carbocycles. The topological polar surface area (TPSA) is 81.4 Å². The molecule has 1 saturated heterocycles. The molecule has 3 N–H and O–H groups in total. The summed E-state index contributed by atoms with van der Waals surface area (Å²) in [5.74, 6) is -0.0383. The van der Waals surface area contributed by atoms with Crippen molar-refractivity contribution in [3.8, 4) is 0 Å². The highest BCUT2D eigenvalue weighted by atomic mass is 32.2. The molecule has 1 fully saturated rings. The molecule has 6 heteroatoms. The molecule has 0 amide bonds. The van der Waals surface area contributed by atoms with Crippen molar-refractivity contribution in [1.29, 1.82) is 0 Å². The lowest BCUT2D eigenvalue weighted by Crippen LogP contribution is -2.40. The fourth-order valence-electron chi connectivity index (χ4n) is 2.12. The highest BCUT2D eigenvalue weighted by Gasteiger charge is 2.31. The summed E-state index contributed by atoms with van der Waals surface area (Å²) in [6.45, 7) is 2.96. The largest absolute Gasteiger partial charge is 0.399 e. The molecular weight excluding hydrogens is 264 g/mol. The third kappa shape index (κ3) is 4.19. The number of anilines is 1. The van der Waals surface area contributed by atoms with Gasteiger partial charge in [-0.3, -0.25) is 0 Å². The number of hydrogen-bond donors (Lipinski definition) is 2. The smallest absolute Gasteiger partial charge is 0.215 e. The zero-order valence-electron chi connectivity index (χ0n) is 11.1. The highest BCUT2D eigenvalue weighted by molar-refractivity contribution is 7.88. The average molecular weight is 284 g/mol. The van der Waals surface area contributed by atoms with Crippen LogP contribution in [0, 0.1) is 0 Å². The predicted octanol–water partition coefficient (Wildman–Crippen LogP) is 1.26. The van der Waals surface area contributed by atoms with Gasteiger partial charge in [-0.25, -0.2) is 13.1 Å². The van der Waals surface area contributed by atoms with Gasteiger partial charge in [0.25, 0.3) is 0 Å². The van der Waals surface area contributed by atoms with Crippen LogP contribution >= 0.6 is 0 Å². The van der Waals surface area contributed by atoms with Crippen LogP contribution in [0.15, 0.2) is 24.3 Å². The first-order valence-corrected chi connectivity index (χ1v) is 8.00. The molecule has 1 atom stereocenters. The third-order valence-electron chi connectivity index (χ3n) is 3.30. The van der Waals surface area contributed by atoms with Crippen molar-refractivity contribution in [3.05, 3.63) is 29.8 Å². The number of ether oxygens (including phenoxy) is 1. The number of nitrogens with one attached hydrogen (secondary N) is 1. The zero-order valence-corrected chi connectivity index (χ0v) is 11.9. The molecule has 1 aliphatic heterocycles. The minimum Gasteiger partial charge on any atom is -0.399 e. The molecule has 2 rings (SSSR count). The second kappa shape index (κ2) is 5.48. The molecule has 106 valence electrons. The fourth-order valence-corrected chi connectivity index (χ4v) is 3.38. The lowest BCUT2D eigenvalue weighted by Gasteiger charge is -2.23. The first-order chi connectivity index (χ1) is 8.89. The van der Waals surface area contributed by atoms with Crippen LogP contribution in [0.1, 0.15) is 25.3 Å². The summed E-state index contributed by atoms with van der Waals surface area (Å²) in [6, 6.07) is 6.85. The van der Waals surface area contributed by atoms with Gasteiger partial charge in [-0.05, 0) is 37.5 Å². The summed E-state index contributed by atoms with van der Waals surface area (Å²) in [5, 5.41) is 0. The molecule has 1 heterocycles. The highest BCUT2D eigenvalue weighted by Crippen LogP contribution is 2.24. The van der Waals surface area contributed by atoms with E-state index in [0.717, 1.165) is 18.4 Å². The molecule has 1 aliphatic rings. The molecule has 0 spiro atoms. The van der Waals surface area contributed by atoms with Gasteiger partial charge in [-0.1, -0.05) is 12.1 Å². The van der Waals surface area contributed by atoms with E-state index in [1.54, 1.807) is 24.3 Å². The Balaban J connectivity index is 1.93. The monoisotopic (exact) mass is 284 g/mol. The first kappa shape index (κ1) is 14.3. The lowest BCUT2D eigenvalue weighted by molar-refractivity contribution is 0.0250. The van der Waals surface area contributed by atoms with Crippen molar-refractivity contribution in [2.24, 2.45) is 0 Å². The summed E-state index contributed by atoms with van der Waals surface area (Å²) in [5.41, 5.74) is 6.55. The van der Waals surface area contributed by atoms with Gasteiger partial charge in [0, 0.05) is 18.8 Å². The summed E-state index contributed by atoms with van der Waals surface area (Å²) in [6.07, 6.45) is 1.87. The maximum atomic E-state index is 12.0. The van der Waals surface area contributed by atoms with E-state index in [1.165, 1.54) is 0 Å². The Kier molecular flexibility index (Phi) is 4.13. The molecule has 0 aliphatic carbocycles. The normalized spacial score (nSPS) is 23.6. The SMILES string of the molecule is CC1(CNS(=O)(=O)Cc2ccc(N)cc2)CCCO1. The van der Waals surface area contributed by atoms with E-state index in [-0.39, 0.29) is 11.4 Å². The number of sulfonamides is 1. The van der Waals surface area contributed by atoms with E-state index in [1.807, 2.05) is 6.92 Å². The van der Waals surface area contributed by atoms with Gasteiger partial charge >= 0.3 is 0 Å². The predicted molar refractivity (Wildman–Crippen MR) is 75.1 cm³/mol. The maximum Gasteiger partial charge on any atom is 0.215 e. The zero-order chi connectivity index (χ0) is 13.9. The van der Waals surface area contributed by atoms with E-state index in [2.05, 4.69) is 4.72 Å². The molecule has 5 nitrogen and oxygen atoms in total. The lowest BCUT2D eigenvalue weighted by atomic mass is 10.0. The summed E-state index contributed by atoms with van der Waals surface area (Å²) in [4.78, 5) is 0. The molecule has 0 saturated carbocycles. The van der Waals surface area contributed by atoms with Crippen molar-refractivity contribution in [2.45, 2.75) is 31.1 Å². The van der Waals surface area contributed by atoms with E-state index in [4.69, 9.17) is 10.5 Å². The average Bonchev–Trinajstić information content (AvgIpc) is 2.78. The molecule has 0 radical (unpaired) electrons. The number of nitrogens with two attached hydrogens (primary N) is 1. The van der Waals surface area contributed by atoms with Crippen LogP contribution in [0.5, 0.6) is 0 Å². The standard InChI is InChI=1S/C13H20N2O3S/c1-13(7-2-8-18-13)10-15-19(16,17)9-11-3-5-12(14)6-4-11/h3-6,15H,2,7-10,14H2,1H3. The van der Waals surface area contributed by atoms with Crippen LogP contribution in [0.25, 0.3) is 0 Å². The van der Waals surface area contributed by atoms with E-state index < -0.39 is 10.0 Å². The van der Waals surface area contributed by atoms with Crippen LogP contribution in [0.3, 0.4) is 0 Å². The molecule has 1 unspecified atom stereocenters. The maximum absolute atomic E-state index is 12.0. The Morgan fingerprint density at radius 3 is 2.63 bits per heavy atom. The van der Waals surface area contributed by atoms with E-state index in [9.17, 15) is 8.42 Å². The van der Waals surface area contributed by atoms with Gasteiger partial charge in [0.2, 0.25) is 10.0 Å². The first-order valence-electron chi connectivity index (χ1n) is 6.34. The van der Waals surface area contributed by atoms with Crippen molar-refractivity contribution in [3.63, 3.8) is 0 Å². The molecule has 19 heavy (non-hydrogen) atoms. The van der Waals surface area contributed by atoms with Gasteiger partial charge in [0.15, 0.2) is 0 Å². The minimum atomic E-state index is -3.34. The van der Waals surface area contributed by atoms with Crippen molar-refractivity contribution >= 4 is 15.7 Å². The van der Waals surface area contributed by atoms with Crippen LogP contribution < -0.4 is 10.5 Å². The Morgan fingerprint density at radius 2 is 2.05 bits per heavy atom. The number of rotatable bonds is 5. The van der Waals surface area contributed by atoms with Crippen LogP contribution in [0.4, 0.5) is 5.69 Å². The van der Waals surface area contributed by atoms with Crippen LogP contribution in [0.2, 0.25) is 0 Å². The Hall–Kier alpha value is -1.11. The quantitative estimate of drug-likeness (QED) is 0.798. The van der Waals surface area contributed by atoms with Crippen LogP contribution in [-0.2, 0) is 20.5 Å². The van der Waals surface area contributed by atoms with E-state index >= 15 is 0 Å². The second-order valence-corrected chi connectivity index (χ2v) is 7.03. The van der Waals surface area contributed by atoms with Crippen molar-refractivity contribution in [2.75, 3.05) is 18.9 Å². The van der Waals surface area contributed by atoms with Crippen molar-refractivity contribution in [1.82, 2.24) is 4.72 Å². The molecule has 0 aromatic heterocycles. The Bertz CT molecular complexity index is 519. The number of benzene rings is 1. The van der Waals surface area contributed by atoms with Crippen molar-refractivity contribution < 1.29 is 13.2 Å². The summed E-state index contributed by atoms with van der Waals surface area (Å²) in [7, 11) is -3.34. The Labute approximate surface area is 114 Å². The molecule has 0 bridgehead atoms. The molecular formula is C13H20N2O3S. The van der Waals surface area contributed by atoms with Gasteiger partial charge in [-0.15, -0.1) is 0 Å². The minimum absolute atomic E-state index is 0.0383. The molecule has 1 aromatic rings. The van der Waals surface area contributed by atoms with Gasteiger partial charge in [-0.2, -0.15) is 0 Å². The second-order valence-electron chi connectivity index (χ2n) is 5.22. The van der Waals surface area contributed by atoms with E-state index in [0.29, 0.717) is 18.8 Å². The third-order valence-corrected chi connectivity index (χ3v) is 4.60. The van der Waals surface area contributed by atoms with Gasteiger partial charge < -0.3 is 10.5 Å². The Morgan fingerprint density at radius 1 is 1.37 bits per heavy atom. The summed E-state index contributed by atoms with van der Waals surface area (Å²) >= 11 is 0. The van der Waals surface area contributed by atoms with Crippen LogP contribution in [-0.4, -0.2) is 27.2 Å².